The summed E-state index contributed by atoms with van der Waals surface area (Å²) in [4.78, 5) is 22.7. The maximum Gasteiger partial charge on any atom is 0.308 e. The lowest BCUT2D eigenvalue weighted by Crippen LogP contribution is -2.35. The lowest BCUT2D eigenvalue weighted by atomic mass is 9.96. The van der Waals surface area contributed by atoms with E-state index in [9.17, 15) is 9.59 Å². The average Bonchev–Trinajstić information content (AvgIpc) is 2.28. The van der Waals surface area contributed by atoms with E-state index in [-0.39, 0.29) is 18.4 Å². The predicted octanol–water partition coefficient (Wildman–Crippen LogP) is 2.43. The Bertz CT molecular complexity index is 428. The van der Waals surface area contributed by atoms with Crippen molar-refractivity contribution >= 4 is 23.5 Å². The van der Waals surface area contributed by atoms with E-state index in [2.05, 4.69) is 5.32 Å². The molecule has 0 spiro atoms. The second-order valence-corrected chi connectivity index (χ2v) is 4.84. The van der Waals surface area contributed by atoms with Crippen LogP contribution >= 0.6 is 11.6 Å². The fourth-order valence-corrected chi connectivity index (χ4v) is 1.64. The molecule has 98 valence electrons. The first kappa shape index (κ1) is 14.5. The van der Waals surface area contributed by atoms with Crippen molar-refractivity contribution in [3.8, 4) is 0 Å². The van der Waals surface area contributed by atoms with Crippen LogP contribution in [0.5, 0.6) is 0 Å². The van der Waals surface area contributed by atoms with Gasteiger partial charge in [0.2, 0.25) is 0 Å². The molecule has 2 N–H and O–H groups in total. The zero-order chi connectivity index (χ0) is 13.7. The van der Waals surface area contributed by atoms with Crippen LogP contribution in [0, 0.1) is 11.8 Å². The number of halogens is 1. The molecule has 1 aromatic rings. The Labute approximate surface area is 111 Å². The van der Waals surface area contributed by atoms with E-state index in [1.165, 1.54) is 0 Å². The summed E-state index contributed by atoms with van der Waals surface area (Å²) >= 11 is 5.72. The molecule has 1 amide bonds. The lowest BCUT2D eigenvalue weighted by molar-refractivity contribution is -0.142. The van der Waals surface area contributed by atoms with Crippen LogP contribution in [0.4, 0.5) is 0 Å². The van der Waals surface area contributed by atoms with Crippen molar-refractivity contribution in [3.05, 3.63) is 34.9 Å². The van der Waals surface area contributed by atoms with Gasteiger partial charge in [-0.05, 0) is 30.2 Å². The van der Waals surface area contributed by atoms with E-state index >= 15 is 0 Å². The zero-order valence-electron chi connectivity index (χ0n) is 10.3. The number of carbonyl (C=O) groups is 2. The summed E-state index contributed by atoms with van der Waals surface area (Å²) in [6.45, 7) is 3.74. The number of carboxylic acids is 1. The Morgan fingerprint density at radius 3 is 2.28 bits per heavy atom. The van der Waals surface area contributed by atoms with Crippen molar-refractivity contribution in [2.24, 2.45) is 11.8 Å². The quantitative estimate of drug-likeness (QED) is 0.863. The van der Waals surface area contributed by atoms with Gasteiger partial charge in [0, 0.05) is 17.1 Å². The first-order valence-corrected chi connectivity index (χ1v) is 6.06. The van der Waals surface area contributed by atoms with Crippen LogP contribution < -0.4 is 5.32 Å². The molecule has 1 aromatic carbocycles. The maximum atomic E-state index is 11.8. The number of carboxylic acid groups (broad SMARTS) is 1. The molecule has 1 unspecified atom stereocenters. The van der Waals surface area contributed by atoms with Crippen LogP contribution in [0.3, 0.4) is 0 Å². The highest BCUT2D eigenvalue weighted by Crippen LogP contribution is 2.11. The Morgan fingerprint density at radius 1 is 1.28 bits per heavy atom. The topological polar surface area (TPSA) is 66.4 Å². The average molecular weight is 270 g/mol. The van der Waals surface area contributed by atoms with E-state index in [1.54, 1.807) is 24.3 Å². The first-order valence-electron chi connectivity index (χ1n) is 5.68. The highest BCUT2D eigenvalue weighted by molar-refractivity contribution is 6.30. The molecular weight excluding hydrogens is 254 g/mol. The molecule has 0 saturated heterocycles. The molecular formula is C13H16ClNO3. The van der Waals surface area contributed by atoms with E-state index in [0.717, 1.165) is 0 Å². The maximum absolute atomic E-state index is 11.8. The van der Waals surface area contributed by atoms with Crippen LogP contribution in [0.1, 0.15) is 24.2 Å². The summed E-state index contributed by atoms with van der Waals surface area (Å²) < 4.78 is 0. The number of aliphatic carboxylic acids is 1. The van der Waals surface area contributed by atoms with Crippen LogP contribution in [-0.2, 0) is 4.79 Å². The Hall–Kier alpha value is -1.55. The summed E-state index contributed by atoms with van der Waals surface area (Å²) in [5.41, 5.74) is 0.465. The number of benzene rings is 1. The van der Waals surface area contributed by atoms with Gasteiger partial charge < -0.3 is 10.4 Å². The largest absolute Gasteiger partial charge is 0.481 e. The van der Waals surface area contributed by atoms with Gasteiger partial charge in [0.25, 0.3) is 5.91 Å². The van der Waals surface area contributed by atoms with E-state index < -0.39 is 11.9 Å². The summed E-state index contributed by atoms with van der Waals surface area (Å²) in [7, 11) is 0. The SMILES string of the molecule is CC(C)C(CNC(=O)c1ccc(Cl)cc1)C(=O)O. The number of rotatable bonds is 5. The molecule has 0 aliphatic carbocycles. The fourth-order valence-electron chi connectivity index (χ4n) is 1.51. The number of carbonyl (C=O) groups excluding carboxylic acids is 1. The van der Waals surface area contributed by atoms with Crippen molar-refractivity contribution in [2.45, 2.75) is 13.8 Å². The Balaban J connectivity index is 2.60. The normalized spacial score (nSPS) is 12.2. The predicted molar refractivity (Wildman–Crippen MR) is 69.7 cm³/mol. The molecule has 0 fully saturated rings. The third kappa shape index (κ3) is 4.04. The molecule has 18 heavy (non-hydrogen) atoms. The van der Waals surface area contributed by atoms with Gasteiger partial charge in [-0.15, -0.1) is 0 Å². The Morgan fingerprint density at radius 2 is 1.83 bits per heavy atom. The molecule has 0 saturated carbocycles. The van der Waals surface area contributed by atoms with Gasteiger partial charge in [0.05, 0.1) is 5.92 Å². The van der Waals surface area contributed by atoms with Crippen molar-refractivity contribution in [2.75, 3.05) is 6.54 Å². The molecule has 0 aliphatic heterocycles. The van der Waals surface area contributed by atoms with Crippen molar-refractivity contribution < 1.29 is 14.7 Å². The third-order valence-corrected chi connectivity index (χ3v) is 2.96. The molecule has 0 bridgehead atoms. The van der Waals surface area contributed by atoms with Crippen LogP contribution in [-0.4, -0.2) is 23.5 Å². The van der Waals surface area contributed by atoms with Crippen molar-refractivity contribution in [1.82, 2.24) is 5.32 Å². The molecule has 4 nitrogen and oxygen atoms in total. The number of amides is 1. The molecule has 1 atom stereocenters. The molecule has 1 rings (SSSR count). The van der Waals surface area contributed by atoms with Gasteiger partial charge in [0.15, 0.2) is 0 Å². The zero-order valence-corrected chi connectivity index (χ0v) is 11.1. The van der Waals surface area contributed by atoms with Crippen LogP contribution in [0.15, 0.2) is 24.3 Å². The second-order valence-electron chi connectivity index (χ2n) is 4.41. The second kappa shape index (κ2) is 6.40. The highest BCUT2D eigenvalue weighted by atomic mass is 35.5. The Kier molecular flexibility index (Phi) is 5.16. The minimum Gasteiger partial charge on any atom is -0.481 e. The van der Waals surface area contributed by atoms with Crippen LogP contribution in [0.2, 0.25) is 5.02 Å². The van der Waals surface area contributed by atoms with Crippen molar-refractivity contribution in [3.63, 3.8) is 0 Å². The van der Waals surface area contributed by atoms with E-state index in [1.807, 2.05) is 13.8 Å². The van der Waals surface area contributed by atoms with Gasteiger partial charge in [-0.1, -0.05) is 25.4 Å². The van der Waals surface area contributed by atoms with Gasteiger partial charge in [-0.2, -0.15) is 0 Å². The number of hydrogen-bond acceptors (Lipinski definition) is 2. The van der Waals surface area contributed by atoms with Gasteiger partial charge in [-0.3, -0.25) is 9.59 Å². The fraction of sp³-hybridized carbons (Fsp3) is 0.385. The molecule has 0 aliphatic rings. The molecule has 0 aromatic heterocycles. The standard InChI is InChI=1S/C13H16ClNO3/c1-8(2)11(13(17)18)7-15-12(16)9-3-5-10(14)6-4-9/h3-6,8,11H,7H2,1-2H3,(H,15,16)(H,17,18). The molecule has 0 radical (unpaired) electrons. The summed E-state index contributed by atoms with van der Waals surface area (Å²) in [6.07, 6.45) is 0. The van der Waals surface area contributed by atoms with E-state index in [4.69, 9.17) is 16.7 Å². The van der Waals surface area contributed by atoms with Gasteiger partial charge >= 0.3 is 5.97 Å². The third-order valence-electron chi connectivity index (χ3n) is 2.71. The summed E-state index contributed by atoms with van der Waals surface area (Å²) in [5, 5.41) is 12.2. The highest BCUT2D eigenvalue weighted by Gasteiger charge is 2.22. The summed E-state index contributed by atoms with van der Waals surface area (Å²) in [5.74, 6) is -1.81. The molecule has 0 heterocycles. The minimum absolute atomic E-state index is 0.0342. The minimum atomic E-state index is -0.901. The number of hydrogen-bond donors (Lipinski definition) is 2. The lowest BCUT2D eigenvalue weighted by Gasteiger charge is -2.16. The smallest absolute Gasteiger partial charge is 0.308 e. The number of nitrogens with one attached hydrogen (secondary N) is 1. The first-order chi connectivity index (χ1) is 8.41. The van der Waals surface area contributed by atoms with Gasteiger partial charge in [0.1, 0.15) is 0 Å². The monoisotopic (exact) mass is 269 g/mol. The van der Waals surface area contributed by atoms with Gasteiger partial charge in [-0.25, -0.2) is 0 Å². The summed E-state index contributed by atoms with van der Waals surface area (Å²) in [6, 6.07) is 6.44. The van der Waals surface area contributed by atoms with E-state index in [0.29, 0.717) is 10.6 Å². The molecule has 5 heteroatoms. The van der Waals surface area contributed by atoms with Crippen molar-refractivity contribution in [1.29, 1.82) is 0 Å². The van der Waals surface area contributed by atoms with Crippen LogP contribution in [0.25, 0.3) is 0 Å².